The average Bonchev–Trinajstić information content (AvgIpc) is 2.73. The van der Waals surface area contributed by atoms with Gasteiger partial charge >= 0.3 is 5.97 Å². The van der Waals surface area contributed by atoms with Crippen molar-refractivity contribution in [1.82, 2.24) is 10.2 Å². The highest BCUT2D eigenvalue weighted by Gasteiger charge is 2.27. The number of carbonyl (C=O) groups excluding carboxylic acids is 1. The van der Waals surface area contributed by atoms with Gasteiger partial charge in [-0.05, 0) is 25.7 Å². The standard InChI is InChI=1S/C11H17N3O3/c1-2-17-11(15)9-8(10(12)14-13-9)7-3-5-16-6-4-7/h7H,2-6H2,1H3,(H3,12,13,14). The maximum atomic E-state index is 11.7. The monoisotopic (exact) mass is 239 g/mol. The fraction of sp³-hybridized carbons (Fsp3) is 0.636. The molecular weight excluding hydrogens is 222 g/mol. The van der Waals surface area contributed by atoms with E-state index in [-0.39, 0.29) is 5.92 Å². The number of nitrogens with two attached hydrogens (primary N) is 1. The number of nitrogen functional groups attached to an aromatic ring is 1. The first-order chi connectivity index (χ1) is 8.24. The van der Waals surface area contributed by atoms with Gasteiger partial charge in [-0.15, -0.1) is 0 Å². The maximum Gasteiger partial charge on any atom is 0.356 e. The summed E-state index contributed by atoms with van der Waals surface area (Å²) >= 11 is 0. The third-order valence-electron chi connectivity index (χ3n) is 2.94. The predicted octanol–water partition coefficient (Wildman–Crippen LogP) is 1.06. The minimum absolute atomic E-state index is 0.224. The Bertz CT molecular complexity index is 397. The number of anilines is 1. The van der Waals surface area contributed by atoms with Crippen LogP contribution in [0.5, 0.6) is 0 Å². The maximum absolute atomic E-state index is 11.7. The zero-order valence-corrected chi connectivity index (χ0v) is 9.86. The summed E-state index contributed by atoms with van der Waals surface area (Å²) in [5.74, 6) is 0.222. The van der Waals surface area contributed by atoms with Crippen LogP contribution < -0.4 is 5.73 Å². The van der Waals surface area contributed by atoms with Gasteiger partial charge in [0.15, 0.2) is 0 Å². The summed E-state index contributed by atoms with van der Waals surface area (Å²) in [6, 6.07) is 0. The Labute approximate surface area is 99.5 Å². The smallest absolute Gasteiger partial charge is 0.356 e. The van der Waals surface area contributed by atoms with Crippen molar-refractivity contribution < 1.29 is 14.3 Å². The van der Waals surface area contributed by atoms with E-state index in [0.29, 0.717) is 31.3 Å². The number of aromatic nitrogens is 2. The van der Waals surface area contributed by atoms with Gasteiger partial charge in [-0.1, -0.05) is 0 Å². The first-order valence-corrected chi connectivity index (χ1v) is 5.82. The molecule has 1 saturated heterocycles. The summed E-state index contributed by atoms with van der Waals surface area (Å²) in [5, 5.41) is 6.57. The molecule has 0 saturated carbocycles. The van der Waals surface area contributed by atoms with Gasteiger partial charge in [-0.3, -0.25) is 5.10 Å². The minimum Gasteiger partial charge on any atom is -0.461 e. The highest BCUT2D eigenvalue weighted by molar-refractivity contribution is 5.90. The van der Waals surface area contributed by atoms with Gasteiger partial charge in [0.1, 0.15) is 11.5 Å². The van der Waals surface area contributed by atoms with E-state index in [1.807, 2.05) is 0 Å². The number of ether oxygens (including phenoxy) is 2. The van der Waals surface area contributed by atoms with E-state index in [1.54, 1.807) is 6.92 Å². The number of carbonyl (C=O) groups is 1. The molecule has 0 aromatic carbocycles. The van der Waals surface area contributed by atoms with Crippen LogP contribution >= 0.6 is 0 Å². The molecule has 0 bridgehead atoms. The Morgan fingerprint density at radius 1 is 1.59 bits per heavy atom. The van der Waals surface area contributed by atoms with Crippen molar-refractivity contribution in [3.8, 4) is 0 Å². The number of rotatable bonds is 3. The van der Waals surface area contributed by atoms with Crippen molar-refractivity contribution in [3.05, 3.63) is 11.3 Å². The summed E-state index contributed by atoms with van der Waals surface area (Å²) in [4.78, 5) is 11.7. The molecule has 94 valence electrons. The molecule has 0 amide bonds. The molecule has 6 nitrogen and oxygen atoms in total. The first-order valence-electron chi connectivity index (χ1n) is 5.82. The fourth-order valence-electron chi connectivity index (χ4n) is 2.12. The Morgan fingerprint density at radius 3 is 2.94 bits per heavy atom. The molecule has 0 atom stereocenters. The molecular formula is C11H17N3O3. The van der Waals surface area contributed by atoms with E-state index >= 15 is 0 Å². The first kappa shape index (κ1) is 11.9. The van der Waals surface area contributed by atoms with Gasteiger partial charge in [0.2, 0.25) is 0 Å². The van der Waals surface area contributed by atoms with Gasteiger partial charge in [0.25, 0.3) is 0 Å². The zero-order valence-electron chi connectivity index (χ0n) is 9.86. The van der Waals surface area contributed by atoms with Crippen LogP contribution in [0.25, 0.3) is 0 Å². The van der Waals surface area contributed by atoms with E-state index in [0.717, 1.165) is 18.4 Å². The van der Waals surface area contributed by atoms with Crippen LogP contribution in [0.15, 0.2) is 0 Å². The lowest BCUT2D eigenvalue weighted by molar-refractivity contribution is 0.0512. The normalized spacial score (nSPS) is 17.0. The van der Waals surface area contributed by atoms with Crippen molar-refractivity contribution in [2.24, 2.45) is 0 Å². The Morgan fingerprint density at radius 2 is 2.29 bits per heavy atom. The number of H-pyrrole nitrogens is 1. The van der Waals surface area contributed by atoms with E-state index < -0.39 is 5.97 Å². The van der Waals surface area contributed by atoms with Gasteiger partial charge in [0, 0.05) is 18.8 Å². The van der Waals surface area contributed by atoms with Crippen molar-refractivity contribution in [1.29, 1.82) is 0 Å². The molecule has 1 aliphatic rings. The molecule has 2 heterocycles. The Balaban J connectivity index is 2.25. The van der Waals surface area contributed by atoms with E-state index in [2.05, 4.69) is 10.2 Å². The van der Waals surface area contributed by atoms with Gasteiger partial charge in [-0.25, -0.2) is 4.79 Å². The number of nitrogens with one attached hydrogen (secondary N) is 1. The lowest BCUT2D eigenvalue weighted by Crippen LogP contribution is -2.18. The number of aromatic amines is 1. The van der Waals surface area contributed by atoms with Gasteiger partial charge < -0.3 is 15.2 Å². The summed E-state index contributed by atoms with van der Waals surface area (Å²) in [6.45, 7) is 3.49. The summed E-state index contributed by atoms with van der Waals surface area (Å²) in [6.07, 6.45) is 1.71. The lowest BCUT2D eigenvalue weighted by Gasteiger charge is -2.22. The van der Waals surface area contributed by atoms with Crippen LogP contribution in [-0.4, -0.2) is 36.0 Å². The van der Waals surface area contributed by atoms with Crippen LogP contribution in [-0.2, 0) is 9.47 Å². The average molecular weight is 239 g/mol. The number of nitrogens with zero attached hydrogens (tertiary/aromatic N) is 1. The molecule has 3 N–H and O–H groups in total. The van der Waals surface area contributed by atoms with Gasteiger partial charge in [0.05, 0.1) is 6.61 Å². The SMILES string of the molecule is CCOC(=O)c1[nH]nc(N)c1C1CCOCC1. The Kier molecular flexibility index (Phi) is 3.63. The van der Waals surface area contributed by atoms with Crippen LogP contribution in [0, 0.1) is 0 Å². The van der Waals surface area contributed by atoms with Crippen molar-refractivity contribution in [2.45, 2.75) is 25.7 Å². The summed E-state index contributed by atoms with van der Waals surface area (Å²) in [5.41, 5.74) is 6.98. The third-order valence-corrected chi connectivity index (χ3v) is 2.94. The highest BCUT2D eigenvalue weighted by Crippen LogP contribution is 2.32. The zero-order chi connectivity index (χ0) is 12.3. The molecule has 0 aliphatic carbocycles. The second kappa shape index (κ2) is 5.18. The molecule has 1 aromatic heterocycles. The second-order valence-corrected chi connectivity index (χ2v) is 4.00. The van der Waals surface area contributed by atoms with Crippen LogP contribution in [0.3, 0.4) is 0 Å². The lowest BCUT2D eigenvalue weighted by atomic mass is 9.91. The Hall–Kier alpha value is -1.56. The predicted molar refractivity (Wildman–Crippen MR) is 61.8 cm³/mol. The van der Waals surface area contributed by atoms with Crippen LogP contribution in [0.4, 0.5) is 5.82 Å². The topological polar surface area (TPSA) is 90.2 Å². The molecule has 0 spiro atoms. The van der Waals surface area contributed by atoms with E-state index in [1.165, 1.54) is 0 Å². The molecule has 1 aromatic rings. The van der Waals surface area contributed by atoms with Crippen molar-refractivity contribution in [2.75, 3.05) is 25.6 Å². The quantitative estimate of drug-likeness (QED) is 0.770. The number of hydrogen-bond acceptors (Lipinski definition) is 5. The largest absolute Gasteiger partial charge is 0.461 e. The molecule has 1 aliphatic heterocycles. The second-order valence-electron chi connectivity index (χ2n) is 4.00. The van der Waals surface area contributed by atoms with Crippen LogP contribution in [0.1, 0.15) is 41.7 Å². The molecule has 17 heavy (non-hydrogen) atoms. The summed E-state index contributed by atoms with van der Waals surface area (Å²) in [7, 11) is 0. The third kappa shape index (κ3) is 2.41. The molecule has 1 fully saturated rings. The highest BCUT2D eigenvalue weighted by atomic mass is 16.5. The molecule has 0 unspecified atom stereocenters. The summed E-state index contributed by atoms with van der Waals surface area (Å²) < 4.78 is 10.3. The number of hydrogen-bond donors (Lipinski definition) is 2. The van der Waals surface area contributed by atoms with Crippen LogP contribution in [0.2, 0.25) is 0 Å². The fourth-order valence-corrected chi connectivity index (χ4v) is 2.12. The molecule has 6 heteroatoms. The van der Waals surface area contributed by atoms with Crippen molar-refractivity contribution >= 4 is 11.8 Å². The molecule has 0 radical (unpaired) electrons. The van der Waals surface area contributed by atoms with E-state index in [9.17, 15) is 4.79 Å². The number of esters is 1. The minimum atomic E-state index is -0.391. The van der Waals surface area contributed by atoms with Crippen molar-refractivity contribution in [3.63, 3.8) is 0 Å². The van der Waals surface area contributed by atoms with E-state index in [4.69, 9.17) is 15.2 Å². The van der Waals surface area contributed by atoms with Gasteiger partial charge in [-0.2, -0.15) is 5.10 Å². The molecule has 2 rings (SSSR count).